The molecule has 0 fully saturated rings. The van der Waals surface area contributed by atoms with Crippen LogP contribution in [0, 0.1) is 5.92 Å². The van der Waals surface area contributed by atoms with Crippen molar-refractivity contribution in [3.63, 3.8) is 0 Å². The van der Waals surface area contributed by atoms with E-state index in [4.69, 9.17) is 17.2 Å². The van der Waals surface area contributed by atoms with Crippen LogP contribution in [0.5, 0.6) is 0 Å². The lowest BCUT2D eigenvalue weighted by Crippen LogP contribution is -2.57. The number of amides is 3. The number of carbonyl (C=O) groups is 4. The molecule has 0 saturated carbocycles. The lowest BCUT2D eigenvalue weighted by atomic mass is 10.0. The maximum Gasteiger partial charge on any atom is 0.326 e. The van der Waals surface area contributed by atoms with Crippen molar-refractivity contribution in [2.75, 3.05) is 30.6 Å². The van der Waals surface area contributed by atoms with Crippen LogP contribution in [0.2, 0.25) is 0 Å². The van der Waals surface area contributed by atoms with E-state index in [0.717, 1.165) is 0 Å². The van der Waals surface area contributed by atoms with Crippen LogP contribution in [0.3, 0.4) is 0 Å². The Morgan fingerprint density at radius 1 is 0.833 bits per heavy atom. The smallest absolute Gasteiger partial charge is 0.326 e. The summed E-state index contributed by atoms with van der Waals surface area (Å²) in [6, 6.07) is -3.80. The molecular weight excluding hydrogens is 506 g/mol. The van der Waals surface area contributed by atoms with Gasteiger partial charge >= 0.3 is 5.97 Å². The van der Waals surface area contributed by atoms with Gasteiger partial charge in [-0.1, -0.05) is 13.8 Å². The fraction of sp³-hybridized carbons (Fsp3) is 0.773. The molecule has 4 unspecified atom stereocenters. The summed E-state index contributed by atoms with van der Waals surface area (Å²) in [6.45, 7) is 4.02. The number of guanidine groups is 1. The van der Waals surface area contributed by atoms with Crippen molar-refractivity contribution in [1.82, 2.24) is 16.0 Å². The number of nitrogens with two attached hydrogens (primary N) is 3. The average molecular weight is 550 g/mol. The van der Waals surface area contributed by atoms with E-state index >= 15 is 0 Å². The highest BCUT2D eigenvalue weighted by atomic mass is 32.2. The molecule has 208 valence electrons. The summed E-state index contributed by atoms with van der Waals surface area (Å²) in [6.07, 6.45) is 5.34. The zero-order valence-electron chi connectivity index (χ0n) is 21.6. The number of carbonyl (C=O) groups excluding carboxylic acids is 3. The second-order valence-corrected chi connectivity index (χ2v) is 10.7. The van der Waals surface area contributed by atoms with Gasteiger partial charge in [-0.05, 0) is 62.0 Å². The van der Waals surface area contributed by atoms with Gasteiger partial charge in [0.1, 0.15) is 18.1 Å². The summed E-state index contributed by atoms with van der Waals surface area (Å²) in [5, 5.41) is 17.3. The lowest BCUT2D eigenvalue weighted by Gasteiger charge is -2.26. The summed E-state index contributed by atoms with van der Waals surface area (Å²) in [7, 11) is 0. The molecular formula is C22H43N7O5S2. The van der Waals surface area contributed by atoms with Crippen molar-refractivity contribution >= 4 is 53.2 Å². The second-order valence-electron chi connectivity index (χ2n) is 8.77. The van der Waals surface area contributed by atoms with Gasteiger partial charge in [-0.25, -0.2) is 4.79 Å². The lowest BCUT2D eigenvalue weighted by molar-refractivity contribution is -0.142. The zero-order chi connectivity index (χ0) is 27.7. The average Bonchev–Trinajstić information content (AvgIpc) is 2.80. The number of thioether (sulfide) groups is 2. The monoisotopic (exact) mass is 549 g/mol. The number of hydrogen-bond donors (Lipinski definition) is 7. The Labute approximate surface area is 222 Å². The molecule has 4 atom stereocenters. The Morgan fingerprint density at radius 2 is 1.36 bits per heavy atom. The van der Waals surface area contributed by atoms with Crippen molar-refractivity contribution in [2.45, 2.75) is 70.1 Å². The maximum atomic E-state index is 13.2. The van der Waals surface area contributed by atoms with Gasteiger partial charge in [0.15, 0.2) is 5.96 Å². The predicted octanol–water partition coefficient (Wildman–Crippen LogP) is -0.541. The largest absolute Gasteiger partial charge is 0.480 e. The summed E-state index contributed by atoms with van der Waals surface area (Å²) in [5.41, 5.74) is 16.6. The van der Waals surface area contributed by atoms with Crippen molar-refractivity contribution in [2.24, 2.45) is 28.1 Å². The highest BCUT2D eigenvalue weighted by Crippen LogP contribution is 2.09. The van der Waals surface area contributed by atoms with E-state index in [1.54, 1.807) is 11.8 Å². The highest BCUT2D eigenvalue weighted by molar-refractivity contribution is 7.98. The first kappa shape index (κ1) is 33.8. The molecule has 0 radical (unpaired) electrons. The molecule has 0 bridgehead atoms. The third-order valence-electron chi connectivity index (χ3n) is 5.11. The molecule has 14 heteroatoms. The zero-order valence-corrected chi connectivity index (χ0v) is 23.3. The maximum absolute atomic E-state index is 13.2. The summed E-state index contributed by atoms with van der Waals surface area (Å²) in [4.78, 5) is 54.2. The quantitative estimate of drug-likeness (QED) is 0.0620. The van der Waals surface area contributed by atoms with Crippen LogP contribution >= 0.6 is 23.5 Å². The molecule has 0 saturated heterocycles. The fourth-order valence-corrected chi connectivity index (χ4v) is 4.13. The fourth-order valence-electron chi connectivity index (χ4n) is 3.17. The van der Waals surface area contributed by atoms with Gasteiger partial charge < -0.3 is 38.3 Å². The Balaban J connectivity index is 5.54. The Morgan fingerprint density at radius 3 is 1.89 bits per heavy atom. The molecule has 10 N–H and O–H groups in total. The van der Waals surface area contributed by atoms with E-state index in [0.29, 0.717) is 24.3 Å². The molecule has 36 heavy (non-hydrogen) atoms. The SMILES string of the molecule is CSCCC(N)C(=O)NC(CCCN=C(N)N)C(=O)NC(CC(C)C)C(=O)NC(CCSC)C(=O)O. The molecule has 0 aliphatic heterocycles. The van der Waals surface area contributed by atoms with E-state index in [1.165, 1.54) is 11.8 Å². The number of carboxylic acid groups (broad SMARTS) is 1. The van der Waals surface area contributed by atoms with Gasteiger partial charge in [0.25, 0.3) is 0 Å². The minimum atomic E-state index is -1.14. The first-order valence-corrected chi connectivity index (χ1v) is 14.6. The summed E-state index contributed by atoms with van der Waals surface area (Å²) < 4.78 is 0. The van der Waals surface area contributed by atoms with Gasteiger partial charge in [-0.3, -0.25) is 19.4 Å². The van der Waals surface area contributed by atoms with Crippen molar-refractivity contribution in [1.29, 1.82) is 0 Å². The second kappa shape index (κ2) is 19.0. The highest BCUT2D eigenvalue weighted by Gasteiger charge is 2.30. The van der Waals surface area contributed by atoms with Gasteiger partial charge in [-0.15, -0.1) is 0 Å². The van der Waals surface area contributed by atoms with Gasteiger partial charge in [0.05, 0.1) is 6.04 Å². The molecule has 3 amide bonds. The van der Waals surface area contributed by atoms with Crippen LogP contribution in [-0.2, 0) is 19.2 Å². The van der Waals surface area contributed by atoms with Crippen LogP contribution in [0.4, 0.5) is 0 Å². The number of carboxylic acids is 1. The minimum absolute atomic E-state index is 0.0328. The molecule has 0 aromatic rings. The van der Waals surface area contributed by atoms with E-state index in [1.807, 2.05) is 26.4 Å². The number of aliphatic imine (C=N–C) groups is 1. The molecule has 0 rings (SSSR count). The normalized spacial score (nSPS) is 14.3. The van der Waals surface area contributed by atoms with Gasteiger partial charge in [0.2, 0.25) is 17.7 Å². The molecule has 0 spiro atoms. The number of aliphatic carboxylic acids is 1. The Hall–Kier alpha value is -2.19. The van der Waals surface area contributed by atoms with E-state index < -0.39 is 47.9 Å². The Bertz CT molecular complexity index is 736. The molecule has 12 nitrogen and oxygen atoms in total. The summed E-state index contributed by atoms with van der Waals surface area (Å²) in [5.74, 6) is -1.58. The molecule has 0 aliphatic rings. The number of nitrogens with zero attached hydrogens (tertiary/aromatic N) is 1. The molecule has 0 aliphatic carbocycles. The number of nitrogens with one attached hydrogen (secondary N) is 3. The van der Waals surface area contributed by atoms with E-state index in [2.05, 4.69) is 20.9 Å². The third-order valence-corrected chi connectivity index (χ3v) is 6.40. The predicted molar refractivity (Wildman–Crippen MR) is 147 cm³/mol. The van der Waals surface area contributed by atoms with Crippen LogP contribution in [0.25, 0.3) is 0 Å². The third kappa shape index (κ3) is 15.0. The molecule has 0 heterocycles. The van der Waals surface area contributed by atoms with Crippen LogP contribution in [-0.4, -0.2) is 89.5 Å². The first-order valence-electron chi connectivity index (χ1n) is 11.9. The molecule has 0 aromatic carbocycles. The first-order chi connectivity index (χ1) is 16.9. The van der Waals surface area contributed by atoms with Crippen molar-refractivity contribution in [3.05, 3.63) is 0 Å². The number of rotatable bonds is 19. The number of hydrogen-bond acceptors (Lipinski definition) is 8. The van der Waals surface area contributed by atoms with Crippen molar-refractivity contribution < 1.29 is 24.3 Å². The Kier molecular flexibility index (Phi) is 17.8. The van der Waals surface area contributed by atoms with Crippen molar-refractivity contribution in [3.8, 4) is 0 Å². The van der Waals surface area contributed by atoms with Gasteiger partial charge in [-0.2, -0.15) is 23.5 Å². The van der Waals surface area contributed by atoms with Crippen LogP contribution in [0.15, 0.2) is 4.99 Å². The van der Waals surface area contributed by atoms with Gasteiger partial charge in [0, 0.05) is 6.54 Å². The van der Waals surface area contributed by atoms with E-state index in [-0.39, 0.29) is 37.7 Å². The van der Waals surface area contributed by atoms with E-state index in [9.17, 15) is 24.3 Å². The molecule has 0 aromatic heterocycles. The van der Waals surface area contributed by atoms with Crippen LogP contribution in [0.1, 0.15) is 46.0 Å². The summed E-state index contributed by atoms with van der Waals surface area (Å²) >= 11 is 3.03. The van der Waals surface area contributed by atoms with Crippen LogP contribution < -0.4 is 33.2 Å². The minimum Gasteiger partial charge on any atom is -0.480 e. The standard InChI is InChI=1S/C22H43N7O5S2/c1-13(2)12-17(20(32)28-16(21(33)34)8-11-36-4)29-19(31)15(6-5-9-26-22(24)25)27-18(30)14(23)7-10-35-3/h13-17H,5-12,23H2,1-4H3,(H,27,30)(H,28,32)(H,29,31)(H,33,34)(H4,24,25,26). The topological polar surface area (TPSA) is 215 Å².